The standard InChI is InChI=1S/C26H19BrClNO6S/c1-33-22-13-16(5-10-21(22)35-25(31)17-3-2-4-18(27)15-17)14-23-24(30)29(26(32)36-23)11-12-34-20-8-6-19(28)7-9-20/h2-10,13-15H,11-12H2,1H3/b23-14-. The molecule has 1 heterocycles. The van der Waals surface area contributed by atoms with Gasteiger partial charge < -0.3 is 14.2 Å². The van der Waals surface area contributed by atoms with Gasteiger partial charge in [-0.15, -0.1) is 0 Å². The van der Waals surface area contributed by atoms with Crippen molar-refractivity contribution in [2.75, 3.05) is 20.3 Å². The van der Waals surface area contributed by atoms with E-state index in [2.05, 4.69) is 15.9 Å². The summed E-state index contributed by atoms with van der Waals surface area (Å²) >= 11 is 10.0. The maximum absolute atomic E-state index is 12.8. The summed E-state index contributed by atoms with van der Waals surface area (Å²) in [5.41, 5.74) is 0.987. The van der Waals surface area contributed by atoms with E-state index >= 15 is 0 Å². The van der Waals surface area contributed by atoms with Crippen LogP contribution < -0.4 is 14.2 Å². The van der Waals surface area contributed by atoms with Crippen molar-refractivity contribution in [2.45, 2.75) is 0 Å². The molecule has 4 rings (SSSR count). The molecule has 2 amide bonds. The number of hydrogen-bond donors (Lipinski definition) is 0. The molecule has 0 spiro atoms. The van der Waals surface area contributed by atoms with E-state index in [4.69, 9.17) is 25.8 Å². The van der Waals surface area contributed by atoms with E-state index in [0.717, 1.165) is 21.1 Å². The first kappa shape index (κ1) is 25.8. The van der Waals surface area contributed by atoms with Crippen LogP contribution in [0.2, 0.25) is 5.02 Å². The molecular weight excluding hydrogens is 570 g/mol. The average molecular weight is 589 g/mol. The van der Waals surface area contributed by atoms with E-state index in [-0.39, 0.29) is 29.0 Å². The largest absolute Gasteiger partial charge is 0.493 e. The normalized spacial score (nSPS) is 14.3. The minimum absolute atomic E-state index is 0.110. The molecule has 1 aliphatic heterocycles. The molecule has 1 saturated heterocycles. The Labute approximate surface area is 225 Å². The molecule has 7 nitrogen and oxygen atoms in total. The van der Waals surface area contributed by atoms with Crippen LogP contribution in [0.4, 0.5) is 4.79 Å². The van der Waals surface area contributed by atoms with Crippen molar-refractivity contribution in [3.05, 3.63) is 92.3 Å². The molecule has 0 N–H and O–H groups in total. The second-order valence-corrected chi connectivity index (χ2v) is 9.79. The van der Waals surface area contributed by atoms with Crippen molar-refractivity contribution in [2.24, 2.45) is 0 Å². The maximum atomic E-state index is 12.8. The fourth-order valence-corrected chi connectivity index (χ4v) is 4.65. The van der Waals surface area contributed by atoms with Crippen molar-refractivity contribution in [3.63, 3.8) is 0 Å². The van der Waals surface area contributed by atoms with E-state index < -0.39 is 11.9 Å². The van der Waals surface area contributed by atoms with E-state index in [1.807, 2.05) is 0 Å². The van der Waals surface area contributed by atoms with Gasteiger partial charge in [0.15, 0.2) is 11.5 Å². The molecule has 36 heavy (non-hydrogen) atoms. The molecular formula is C26H19BrClNO6S. The van der Waals surface area contributed by atoms with Crippen LogP contribution in [0, 0.1) is 0 Å². The Morgan fingerprint density at radius 2 is 1.83 bits per heavy atom. The predicted octanol–water partition coefficient (Wildman–Crippen LogP) is 6.45. The summed E-state index contributed by atoms with van der Waals surface area (Å²) in [6.45, 7) is 0.261. The summed E-state index contributed by atoms with van der Waals surface area (Å²) in [6, 6.07) is 18.5. The minimum atomic E-state index is -0.538. The number of ether oxygens (including phenoxy) is 3. The zero-order chi connectivity index (χ0) is 25.7. The van der Waals surface area contributed by atoms with Crippen molar-refractivity contribution >= 4 is 62.5 Å². The maximum Gasteiger partial charge on any atom is 0.343 e. The highest BCUT2D eigenvalue weighted by molar-refractivity contribution is 9.10. The first-order valence-corrected chi connectivity index (χ1v) is 12.6. The van der Waals surface area contributed by atoms with E-state index in [1.165, 1.54) is 7.11 Å². The molecule has 1 aliphatic rings. The van der Waals surface area contributed by atoms with Crippen LogP contribution in [0.3, 0.4) is 0 Å². The first-order valence-electron chi connectivity index (χ1n) is 10.6. The fourth-order valence-electron chi connectivity index (χ4n) is 3.26. The van der Waals surface area contributed by atoms with Crippen LogP contribution in [0.15, 0.2) is 76.1 Å². The number of amides is 2. The summed E-state index contributed by atoms with van der Waals surface area (Å²) in [7, 11) is 1.45. The molecule has 3 aromatic rings. The molecule has 10 heteroatoms. The minimum Gasteiger partial charge on any atom is -0.493 e. The number of carbonyl (C=O) groups excluding carboxylic acids is 3. The van der Waals surface area contributed by atoms with Gasteiger partial charge in [0.05, 0.1) is 24.1 Å². The number of benzene rings is 3. The number of nitrogens with zero attached hydrogens (tertiary/aromatic N) is 1. The monoisotopic (exact) mass is 587 g/mol. The molecule has 0 saturated carbocycles. The lowest BCUT2D eigenvalue weighted by molar-refractivity contribution is -0.123. The molecule has 0 unspecified atom stereocenters. The number of rotatable bonds is 8. The number of imide groups is 1. The van der Waals surface area contributed by atoms with Crippen LogP contribution in [-0.2, 0) is 4.79 Å². The quantitative estimate of drug-likeness (QED) is 0.170. The van der Waals surface area contributed by atoms with E-state index in [0.29, 0.717) is 27.6 Å². The third-order valence-electron chi connectivity index (χ3n) is 5.02. The number of hydrogen-bond acceptors (Lipinski definition) is 7. The topological polar surface area (TPSA) is 82.1 Å². The summed E-state index contributed by atoms with van der Waals surface area (Å²) in [6.07, 6.45) is 1.59. The number of carbonyl (C=O) groups is 3. The van der Waals surface area contributed by atoms with Gasteiger partial charge in [-0.3, -0.25) is 14.5 Å². The second kappa shape index (κ2) is 11.6. The third-order valence-corrected chi connectivity index (χ3v) is 6.67. The number of halogens is 2. The van der Waals surface area contributed by atoms with Gasteiger partial charge >= 0.3 is 5.97 Å². The molecule has 0 radical (unpaired) electrons. The fraction of sp³-hybridized carbons (Fsp3) is 0.115. The summed E-state index contributed by atoms with van der Waals surface area (Å²) in [5.74, 6) is 0.183. The predicted molar refractivity (Wildman–Crippen MR) is 142 cm³/mol. The van der Waals surface area contributed by atoms with Gasteiger partial charge in [0.1, 0.15) is 12.4 Å². The zero-order valence-corrected chi connectivity index (χ0v) is 22.1. The molecule has 0 atom stereocenters. The van der Waals surface area contributed by atoms with Crippen molar-refractivity contribution in [3.8, 4) is 17.2 Å². The van der Waals surface area contributed by atoms with Crippen LogP contribution in [0.5, 0.6) is 17.2 Å². The average Bonchev–Trinajstić information content (AvgIpc) is 3.13. The number of esters is 1. The molecule has 0 aromatic heterocycles. The van der Waals surface area contributed by atoms with Gasteiger partial charge in [0.2, 0.25) is 0 Å². The smallest absolute Gasteiger partial charge is 0.343 e. The van der Waals surface area contributed by atoms with Crippen molar-refractivity contribution in [1.29, 1.82) is 0 Å². The zero-order valence-electron chi connectivity index (χ0n) is 18.9. The molecule has 0 bridgehead atoms. The Balaban J connectivity index is 1.42. The van der Waals surface area contributed by atoms with Gasteiger partial charge in [-0.05, 0) is 78.0 Å². The Morgan fingerprint density at radius 1 is 1.06 bits per heavy atom. The van der Waals surface area contributed by atoms with E-state index in [1.54, 1.807) is 72.8 Å². The van der Waals surface area contributed by atoms with Crippen molar-refractivity contribution < 1.29 is 28.6 Å². The van der Waals surface area contributed by atoms with Crippen LogP contribution in [-0.4, -0.2) is 42.3 Å². The Morgan fingerprint density at radius 3 is 2.56 bits per heavy atom. The number of thioether (sulfide) groups is 1. The highest BCUT2D eigenvalue weighted by Crippen LogP contribution is 2.35. The van der Waals surface area contributed by atoms with Gasteiger partial charge in [-0.1, -0.05) is 39.7 Å². The lowest BCUT2D eigenvalue weighted by atomic mass is 10.1. The summed E-state index contributed by atoms with van der Waals surface area (Å²) in [5, 5.41) is 0.211. The Bertz CT molecular complexity index is 1340. The van der Waals surface area contributed by atoms with Gasteiger partial charge in [-0.25, -0.2) is 4.79 Å². The first-order chi connectivity index (χ1) is 17.3. The van der Waals surface area contributed by atoms with Crippen LogP contribution in [0.25, 0.3) is 6.08 Å². The SMILES string of the molecule is COc1cc(/C=C2\SC(=O)N(CCOc3ccc(Cl)cc3)C2=O)ccc1OC(=O)c1cccc(Br)c1. The number of methoxy groups -OCH3 is 1. The van der Waals surface area contributed by atoms with Crippen LogP contribution in [0.1, 0.15) is 15.9 Å². The molecule has 0 aliphatic carbocycles. The molecule has 3 aromatic carbocycles. The van der Waals surface area contributed by atoms with Crippen LogP contribution >= 0.6 is 39.3 Å². The highest BCUT2D eigenvalue weighted by atomic mass is 79.9. The van der Waals surface area contributed by atoms with Gasteiger partial charge in [-0.2, -0.15) is 0 Å². The van der Waals surface area contributed by atoms with E-state index in [9.17, 15) is 14.4 Å². The lowest BCUT2D eigenvalue weighted by Crippen LogP contribution is -2.32. The second-order valence-electron chi connectivity index (χ2n) is 7.45. The van der Waals surface area contributed by atoms with Gasteiger partial charge in [0, 0.05) is 9.50 Å². The lowest BCUT2D eigenvalue weighted by Gasteiger charge is -2.13. The van der Waals surface area contributed by atoms with Crippen molar-refractivity contribution in [1.82, 2.24) is 4.90 Å². The molecule has 1 fully saturated rings. The van der Waals surface area contributed by atoms with Gasteiger partial charge in [0.25, 0.3) is 11.1 Å². The third kappa shape index (κ3) is 6.29. The summed E-state index contributed by atoms with van der Waals surface area (Å²) < 4.78 is 17.2. The molecule has 184 valence electrons. The Hall–Kier alpha value is -3.27. The summed E-state index contributed by atoms with van der Waals surface area (Å²) in [4.78, 5) is 39.1. The highest BCUT2D eigenvalue weighted by Gasteiger charge is 2.34. The Kier molecular flexibility index (Phi) is 8.35.